The van der Waals surface area contributed by atoms with Crippen LogP contribution in [0.4, 0.5) is 24.5 Å². The second kappa shape index (κ2) is 12.4. The molecule has 0 saturated carbocycles. The van der Waals surface area contributed by atoms with E-state index < -0.39 is 17.6 Å². The van der Waals surface area contributed by atoms with Crippen molar-refractivity contribution in [2.45, 2.75) is 39.3 Å². The van der Waals surface area contributed by atoms with E-state index in [-0.39, 0.29) is 17.4 Å². The average Bonchev–Trinajstić information content (AvgIpc) is 2.92. The van der Waals surface area contributed by atoms with E-state index in [0.29, 0.717) is 23.7 Å². The highest BCUT2D eigenvalue weighted by Gasteiger charge is 2.30. The zero-order valence-corrected chi connectivity index (χ0v) is 22.2. The lowest BCUT2D eigenvalue weighted by molar-refractivity contribution is -0.137. The van der Waals surface area contributed by atoms with Gasteiger partial charge in [-0.2, -0.15) is 13.2 Å². The van der Waals surface area contributed by atoms with Gasteiger partial charge in [-0.3, -0.25) is 9.59 Å². The Morgan fingerprint density at radius 3 is 2.21 bits per heavy atom. The van der Waals surface area contributed by atoms with Gasteiger partial charge in [0.1, 0.15) is 0 Å². The standard InChI is InChI=1S/C31H34F3N3O2/c1-21(2)20-35-30(39)27-19-26(36-29(38)24-8-10-25(11-9-24)31(32,33)34)12-13-28(27)37-16-14-23(15-17-37)18-22-6-4-3-5-7-22/h3-13,19,21,23H,14-18,20H2,1-2H3,(H,35,39)(H,36,38). The minimum absolute atomic E-state index is 0.0957. The summed E-state index contributed by atoms with van der Waals surface area (Å²) in [5.41, 5.74) is 2.28. The molecule has 0 spiro atoms. The molecule has 2 N–H and O–H groups in total. The molecule has 1 fully saturated rings. The van der Waals surface area contributed by atoms with Crippen molar-refractivity contribution in [1.29, 1.82) is 0 Å². The first-order valence-corrected chi connectivity index (χ1v) is 13.3. The molecule has 0 aromatic heterocycles. The van der Waals surface area contributed by atoms with Crippen LogP contribution in [0.15, 0.2) is 72.8 Å². The molecule has 1 saturated heterocycles. The van der Waals surface area contributed by atoms with E-state index in [2.05, 4.69) is 39.8 Å². The fourth-order valence-electron chi connectivity index (χ4n) is 4.80. The van der Waals surface area contributed by atoms with Crippen LogP contribution >= 0.6 is 0 Å². The zero-order chi connectivity index (χ0) is 28.0. The molecular weight excluding hydrogens is 503 g/mol. The van der Waals surface area contributed by atoms with Crippen molar-refractivity contribution in [2.24, 2.45) is 11.8 Å². The quantitative estimate of drug-likeness (QED) is 0.332. The number of halogens is 3. The fourth-order valence-corrected chi connectivity index (χ4v) is 4.80. The molecule has 8 heteroatoms. The Bertz CT molecular complexity index is 1270. The number of hydrogen-bond donors (Lipinski definition) is 2. The first-order chi connectivity index (χ1) is 18.6. The van der Waals surface area contributed by atoms with E-state index in [1.54, 1.807) is 12.1 Å². The second-order valence-electron chi connectivity index (χ2n) is 10.5. The smallest absolute Gasteiger partial charge is 0.371 e. The van der Waals surface area contributed by atoms with Gasteiger partial charge in [0.2, 0.25) is 0 Å². The number of anilines is 2. The van der Waals surface area contributed by atoms with Crippen LogP contribution in [-0.2, 0) is 12.6 Å². The van der Waals surface area contributed by atoms with Crippen LogP contribution in [0, 0.1) is 11.8 Å². The summed E-state index contributed by atoms with van der Waals surface area (Å²) >= 11 is 0. The molecule has 1 aliphatic rings. The van der Waals surface area contributed by atoms with Crippen molar-refractivity contribution >= 4 is 23.2 Å². The summed E-state index contributed by atoms with van der Waals surface area (Å²) in [6, 6.07) is 19.7. The highest BCUT2D eigenvalue weighted by atomic mass is 19.4. The van der Waals surface area contributed by atoms with Gasteiger partial charge in [-0.25, -0.2) is 0 Å². The summed E-state index contributed by atoms with van der Waals surface area (Å²) in [5, 5.41) is 5.69. The number of amides is 2. The van der Waals surface area contributed by atoms with Crippen molar-refractivity contribution in [1.82, 2.24) is 5.32 Å². The van der Waals surface area contributed by atoms with Crippen LogP contribution in [0.2, 0.25) is 0 Å². The van der Waals surface area contributed by atoms with Gasteiger partial charge >= 0.3 is 6.18 Å². The van der Waals surface area contributed by atoms with Crippen LogP contribution in [0.3, 0.4) is 0 Å². The van der Waals surface area contributed by atoms with Gasteiger partial charge < -0.3 is 15.5 Å². The molecule has 3 aromatic carbocycles. The van der Waals surface area contributed by atoms with Crippen molar-refractivity contribution in [3.05, 3.63) is 95.1 Å². The molecule has 0 radical (unpaired) electrons. The van der Waals surface area contributed by atoms with Gasteiger partial charge in [0.25, 0.3) is 11.8 Å². The van der Waals surface area contributed by atoms with E-state index in [0.717, 1.165) is 62.3 Å². The summed E-state index contributed by atoms with van der Waals surface area (Å²) < 4.78 is 38.6. The molecular formula is C31H34F3N3O2. The van der Waals surface area contributed by atoms with Crippen molar-refractivity contribution in [3.63, 3.8) is 0 Å². The third-order valence-corrected chi connectivity index (χ3v) is 6.97. The summed E-state index contributed by atoms with van der Waals surface area (Å²) in [5.74, 6) is 0.0697. The molecule has 0 atom stereocenters. The van der Waals surface area contributed by atoms with E-state index in [1.807, 2.05) is 26.0 Å². The molecule has 39 heavy (non-hydrogen) atoms. The maximum absolute atomic E-state index is 13.2. The molecule has 0 bridgehead atoms. The Kier molecular flexibility index (Phi) is 8.94. The first kappa shape index (κ1) is 28.2. The number of alkyl halides is 3. The normalized spacial score (nSPS) is 14.4. The number of piperidine rings is 1. The summed E-state index contributed by atoms with van der Waals surface area (Å²) in [4.78, 5) is 28.2. The Labute approximate surface area is 227 Å². The SMILES string of the molecule is CC(C)CNC(=O)c1cc(NC(=O)c2ccc(C(F)(F)F)cc2)ccc1N1CCC(Cc2ccccc2)CC1. The fraction of sp³-hybridized carbons (Fsp3) is 0.355. The highest BCUT2D eigenvalue weighted by Crippen LogP contribution is 2.31. The lowest BCUT2D eigenvalue weighted by atomic mass is 9.89. The van der Waals surface area contributed by atoms with Gasteiger partial charge in [0.15, 0.2) is 0 Å². The number of carbonyl (C=O) groups excluding carboxylic acids is 2. The van der Waals surface area contributed by atoms with Gasteiger partial charge in [0, 0.05) is 36.6 Å². The number of rotatable bonds is 8. The van der Waals surface area contributed by atoms with E-state index in [4.69, 9.17) is 0 Å². The second-order valence-corrected chi connectivity index (χ2v) is 10.5. The molecule has 5 nitrogen and oxygen atoms in total. The van der Waals surface area contributed by atoms with Gasteiger partial charge in [-0.1, -0.05) is 44.2 Å². The Morgan fingerprint density at radius 1 is 0.923 bits per heavy atom. The van der Waals surface area contributed by atoms with Crippen LogP contribution in [-0.4, -0.2) is 31.4 Å². The van der Waals surface area contributed by atoms with Crippen molar-refractivity contribution < 1.29 is 22.8 Å². The van der Waals surface area contributed by atoms with Crippen molar-refractivity contribution in [3.8, 4) is 0 Å². The average molecular weight is 538 g/mol. The highest BCUT2D eigenvalue weighted by molar-refractivity contribution is 6.06. The Hall–Kier alpha value is -3.81. The van der Waals surface area contributed by atoms with Gasteiger partial charge in [-0.15, -0.1) is 0 Å². The van der Waals surface area contributed by atoms with Gasteiger partial charge in [0.05, 0.1) is 11.1 Å². The van der Waals surface area contributed by atoms with Crippen LogP contribution in [0.5, 0.6) is 0 Å². The number of benzene rings is 3. The van der Waals surface area contributed by atoms with Crippen LogP contribution < -0.4 is 15.5 Å². The molecule has 206 valence electrons. The molecule has 0 aliphatic carbocycles. The molecule has 1 heterocycles. The summed E-state index contributed by atoms with van der Waals surface area (Å²) in [7, 11) is 0. The van der Waals surface area contributed by atoms with Crippen molar-refractivity contribution in [2.75, 3.05) is 29.9 Å². The maximum Gasteiger partial charge on any atom is 0.416 e. The van der Waals surface area contributed by atoms with Crippen LogP contribution in [0.1, 0.15) is 58.5 Å². The lowest BCUT2D eigenvalue weighted by Crippen LogP contribution is -2.36. The Morgan fingerprint density at radius 2 is 1.59 bits per heavy atom. The molecule has 3 aromatic rings. The number of nitrogens with one attached hydrogen (secondary N) is 2. The minimum Gasteiger partial charge on any atom is -0.371 e. The van der Waals surface area contributed by atoms with E-state index in [1.165, 1.54) is 5.56 Å². The van der Waals surface area contributed by atoms with E-state index in [9.17, 15) is 22.8 Å². The van der Waals surface area contributed by atoms with Gasteiger partial charge in [-0.05, 0) is 79.1 Å². The molecule has 0 unspecified atom stereocenters. The van der Waals surface area contributed by atoms with E-state index >= 15 is 0 Å². The molecule has 4 rings (SSSR count). The number of nitrogens with zero attached hydrogens (tertiary/aromatic N) is 1. The topological polar surface area (TPSA) is 61.4 Å². The summed E-state index contributed by atoms with van der Waals surface area (Å²) in [6.07, 6.45) is -1.42. The predicted octanol–water partition coefficient (Wildman–Crippen LogP) is 6.80. The Balaban J connectivity index is 1.49. The first-order valence-electron chi connectivity index (χ1n) is 13.3. The maximum atomic E-state index is 13.2. The predicted molar refractivity (Wildman–Crippen MR) is 148 cm³/mol. The largest absolute Gasteiger partial charge is 0.416 e. The lowest BCUT2D eigenvalue weighted by Gasteiger charge is -2.35. The molecule has 1 aliphatic heterocycles. The zero-order valence-electron chi connectivity index (χ0n) is 22.2. The number of carbonyl (C=O) groups is 2. The monoisotopic (exact) mass is 537 g/mol. The number of hydrogen-bond acceptors (Lipinski definition) is 3. The third kappa shape index (κ3) is 7.62. The molecule has 2 amide bonds. The minimum atomic E-state index is -4.47. The third-order valence-electron chi connectivity index (χ3n) is 6.97. The van der Waals surface area contributed by atoms with Crippen LogP contribution in [0.25, 0.3) is 0 Å². The summed E-state index contributed by atoms with van der Waals surface area (Å²) in [6.45, 7) is 6.18.